The van der Waals surface area contributed by atoms with Crippen LogP contribution >= 0.6 is 0 Å². The standard InChI is InChI=1S/C13H14N2O4/c1-2-18-10-5-3-9(4-6-10)13-15-14-11(19-13)7-8-12(16)17/h3-6H,2,7-8H2,1H3,(H,16,17). The molecule has 0 unspecified atom stereocenters. The zero-order valence-electron chi connectivity index (χ0n) is 10.5. The zero-order valence-corrected chi connectivity index (χ0v) is 10.5. The number of carboxylic acids is 1. The fourth-order valence-corrected chi connectivity index (χ4v) is 1.55. The number of hydrogen-bond donors (Lipinski definition) is 1. The summed E-state index contributed by atoms with van der Waals surface area (Å²) in [7, 11) is 0. The highest BCUT2D eigenvalue weighted by Gasteiger charge is 2.10. The zero-order chi connectivity index (χ0) is 13.7. The highest BCUT2D eigenvalue weighted by molar-refractivity contribution is 5.66. The van der Waals surface area contributed by atoms with E-state index in [1.54, 1.807) is 0 Å². The predicted molar refractivity (Wildman–Crippen MR) is 66.9 cm³/mol. The third-order valence-corrected chi connectivity index (χ3v) is 2.43. The average Bonchev–Trinajstić information content (AvgIpc) is 2.86. The Morgan fingerprint density at radius 3 is 2.68 bits per heavy atom. The summed E-state index contributed by atoms with van der Waals surface area (Å²) in [6, 6.07) is 7.28. The van der Waals surface area contributed by atoms with Crippen molar-refractivity contribution in [2.24, 2.45) is 0 Å². The lowest BCUT2D eigenvalue weighted by molar-refractivity contribution is -0.137. The van der Waals surface area contributed by atoms with Crippen LogP contribution in [-0.4, -0.2) is 27.9 Å². The van der Waals surface area contributed by atoms with Gasteiger partial charge in [-0.2, -0.15) is 0 Å². The van der Waals surface area contributed by atoms with Crippen LogP contribution in [0.1, 0.15) is 19.2 Å². The number of carboxylic acid groups (broad SMARTS) is 1. The molecule has 0 atom stereocenters. The van der Waals surface area contributed by atoms with Crippen molar-refractivity contribution in [1.29, 1.82) is 0 Å². The van der Waals surface area contributed by atoms with Gasteiger partial charge in [-0.1, -0.05) is 0 Å². The number of benzene rings is 1. The smallest absolute Gasteiger partial charge is 0.303 e. The first-order chi connectivity index (χ1) is 9.19. The normalized spacial score (nSPS) is 10.4. The molecule has 0 aliphatic rings. The molecule has 19 heavy (non-hydrogen) atoms. The Balaban J connectivity index is 2.07. The highest BCUT2D eigenvalue weighted by Crippen LogP contribution is 2.21. The largest absolute Gasteiger partial charge is 0.494 e. The Kier molecular flexibility index (Phi) is 4.12. The summed E-state index contributed by atoms with van der Waals surface area (Å²) in [5.41, 5.74) is 0.775. The van der Waals surface area contributed by atoms with Crippen LogP contribution in [0.3, 0.4) is 0 Å². The van der Waals surface area contributed by atoms with Gasteiger partial charge in [0, 0.05) is 12.0 Å². The average molecular weight is 262 g/mol. The van der Waals surface area contributed by atoms with Crippen molar-refractivity contribution in [3.8, 4) is 17.2 Å². The SMILES string of the molecule is CCOc1ccc(-c2nnc(CCC(=O)O)o2)cc1. The summed E-state index contributed by atoms with van der Waals surface area (Å²) in [6.45, 7) is 2.53. The molecule has 0 radical (unpaired) electrons. The molecule has 6 nitrogen and oxygen atoms in total. The van der Waals surface area contributed by atoms with Crippen LogP contribution in [0.2, 0.25) is 0 Å². The topological polar surface area (TPSA) is 85.5 Å². The van der Waals surface area contributed by atoms with Gasteiger partial charge >= 0.3 is 5.97 Å². The maximum atomic E-state index is 10.4. The van der Waals surface area contributed by atoms with Gasteiger partial charge in [-0.3, -0.25) is 4.79 Å². The summed E-state index contributed by atoms with van der Waals surface area (Å²) < 4.78 is 10.7. The lowest BCUT2D eigenvalue weighted by atomic mass is 10.2. The van der Waals surface area contributed by atoms with Crippen molar-refractivity contribution >= 4 is 5.97 Å². The number of carbonyl (C=O) groups is 1. The van der Waals surface area contributed by atoms with E-state index in [0.717, 1.165) is 11.3 Å². The highest BCUT2D eigenvalue weighted by atomic mass is 16.5. The Bertz CT molecular complexity index is 548. The van der Waals surface area contributed by atoms with Crippen LogP contribution in [0, 0.1) is 0 Å². The van der Waals surface area contributed by atoms with Crippen molar-refractivity contribution in [3.05, 3.63) is 30.2 Å². The number of ether oxygens (including phenoxy) is 1. The number of rotatable bonds is 6. The van der Waals surface area contributed by atoms with E-state index in [1.807, 2.05) is 31.2 Å². The van der Waals surface area contributed by atoms with Gasteiger partial charge in [-0.25, -0.2) is 0 Å². The molecule has 0 saturated carbocycles. The van der Waals surface area contributed by atoms with Gasteiger partial charge < -0.3 is 14.3 Å². The van der Waals surface area contributed by atoms with E-state index in [1.165, 1.54) is 0 Å². The molecule has 1 aromatic heterocycles. The third-order valence-electron chi connectivity index (χ3n) is 2.43. The molecule has 6 heteroatoms. The first-order valence-electron chi connectivity index (χ1n) is 5.96. The van der Waals surface area contributed by atoms with Crippen LogP contribution in [0.5, 0.6) is 5.75 Å². The second-order valence-electron chi connectivity index (χ2n) is 3.85. The quantitative estimate of drug-likeness (QED) is 0.858. The van der Waals surface area contributed by atoms with Crippen LogP contribution in [0.25, 0.3) is 11.5 Å². The first-order valence-corrected chi connectivity index (χ1v) is 5.96. The van der Waals surface area contributed by atoms with Crippen LogP contribution < -0.4 is 4.74 Å². The molecule has 0 aliphatic heterocycles. The molecule has 1 aromatic carbocycles. The first kappa shape index (κ1) is 13.1. The van der Waals surface area contributed by atoms with Crippen LogP contribution in [0.15, 0.2) is 28.7 Å². The summed E-state index contributed by atoms with van der Waals surface area (Å²) in [4.78, 5) is 10.4. The molecule has 0 saturated heterocycles. The summed E-state index contributed by atoms with van der Waals surface area (Å²) in [5.74, 6) is 0.590. The number of hydrogen-bond acceptors (Lipinski definition) is 5. The molecule has 2 aromatic rings. The molecule has 100 valence electrons. The van der Waals surface area contributed by atoms with Gasteiger partial charge in [0.1, 0.15) is 5.75 Å². The maximum Gasteiger partial charge on any atom is 0.303 e. The van der Waals surface area contributed by atoms with Gasteiger partial charge in [0.05, 0.1) is 13.0 Å². The molecule has 2 rings (SSSR count). The van der Waals surface area contributed by atoms with Crippen molar-refractivity contribution in [2.45, 2.75) is 19.8 Å². The van der Waals surface area contributed by atoms with Crippen molar-refractivity contribution in [1.82, 2.24) is 10.2 Å². The van der Waals surface area contributed by atoms with Gasteiger partial charge in [0.15, 0.2) is 0 Å². The van der Waals surface area contributed by atoms with Gasteiger partial charge in [-0.15, -0.1) is 10.2 Å². The van der Waals surface area contributed by atoms with Gasteiger partial charge in [-0.05, 0) is 31.2 Å². The van der Waals surface area contributed by atoms with E-state index in [2.05, 4.69) is 10.2 Å². The second-order valence-corrected chi connectivity index (χ2v) is 3.85. The molecule has 0 amide bonds. The molecule has 0 fully saturated rings. The fourth-order valence-electron chi connectivity index (χ4n) is 1.55. The lowest BCUT2D eigenvalue weighted by Crippen LogP contribution is -1.97. The number of aryl methyl sites for hydroxylation is 1. The number of aliphatic carboxylic acids is 1. The number of nitrogens with zero attached hydrogens (tertiary/aromatic N) is 2. The predicted octanol–water partition coefficient (Wildman–Crippen LogP) is 2.15. The van der Waals surface area contributed by atoms with Gasteiger partial charge in [0.2, 0.25) is 11.8 Å². The van der Waals surface area contributed by atoms with Gasteiger partial charge in [0.25, 0.3) is 0 Å². The molecule has 1 heterocycles. The van der Waals surface area contributed by atoms with E-state index in [9.17, 15) is 4.79 Å². The third kappa shape index (κ3) is 3.54. The molecule has 0 spiro atoms. The number of aromatic nitrogens is 2. The van der Waals surface area contributed by atoms with E-state index >= 15 is 0 Å². The summed E-state index contributed by atoms with van der Waals surface area (Å²) in [5, 5.41) is 16.3. The van der Waals surface area contributed by atoms with E-state index in [4.69, 9.17) is 14.3 Å². The summed E-state index contributed by atoms with van der Waals surface area (Å²) >= 11 is 0. The van der Waals surface area contributed by atoms with E-state index in [0.29, 0.717) is 18.4 Å². The minimum Gasteiger partial charge on any atom is -0.494 e. The maximum absolute atomic E-state index is 10.4. The second kappa shape index (κ2) is 5.99. The summed E-state index contributed by atoms with van der Waals surface area (Å²) in [6.07, 6.45) is 0.213. The molecule has 0 aliphatic carbocycles. The molecular formula is C13H14N2O4. The monoisotopic (exact) mass is 262 g/mol. The molecule has 1 N–H and O–H groups in total. The van der Waals surface area contributed by atoms with Crippen molar-refractivity contribution < 1.29 is 19.1 Å². The molecular weight excluding hydrogens is 248 g/mol. The van der Waals surface area contributed by atoms with Crippen molar-refractivity contribution in [2.75, 3.05) is 6.61 Å². The van der Waals surface area contributed by atoms with Crippen LogP contribution in [0.4, 0.5) is 0 Å². The Labute approximate surface area is 110 Å². The Morgan fingerprint density at radius 2 is 2.05 bits per heavy atom. The lowest BCUT2D eigenvalue weighted by Gasteiger charge is -2.02. The van der Waals surface area contributed by atoms with Crippen molar-refractivity contribution in [3.63, 3.8) is 0 Å². The minimum atomic E-state index is -0.888. The van der Waals surface area contributed by atoms with E-state index in [-0.39, 0.29) is 12.8 Å². The van der Waals surface area contributed by atoms with E-state index < -0.39 is 5.97 Å². The minimum absolute atomic E-state index is 0.0229. The Hall–Kier alpha value is -2.37. The molecule has 0 bridgehead atoms. The Morgan fingerprint density at radius 1 is 1.32 bits per heavy atom. The van der Waals surface area contributed by atoms with Crippen LogP contribution in [-0.2, 0) is 11.2 Å². The fraction of sp³-hybridized carbons (Fsp3) is 0.308.